The van der Waals surface area contributed by atoms with Gasteiger partial charge in [0.25, 0.3) is 17.7 Å². The van der Waals surface area contributed by atoms with Crippen LogP contribution in [0, 0.1) is 23.0 Å². The molecule has 4 N–H and O–H groups in total. The summed E-state index contributed by atoms with van der Waals surface area (Å²) in [6.07, 6.45) is -3.72. The fraction of sp³-hybridized carbons (Fsp3) is 0.244. The summed E-state index contributed by atoms with van der Waals surface area (Å²) in [5.41, 5.74) is 0.983. The highest BCUT2D eigenvalue weighted by molar-refractivity contribution is 7.81. The number of aromatic amines is 1. The first-order valence-corrected chi connectivity index (χ1v) is 18.3. The minimum absolute atomic E-state index is 0.113. The lowest BCUT2D eigenvalue weighted by atomic mass is 9.99. The number of anilines is 2. The van der Waals surface area contributed by atoms with Crippen molar-refractivity contribution in [2.45, 2.75) is 44.9 Å². The first kappa shape index (κ1) is 39.1. The van der Waals surface area contributed by atoms with Crippen molar-refractivity contribution < 1.29 is 36.3 Å². The van der Waals surface area contributed by atoms with E-state index in [4.69, 9.17) is 17.5 Å². The SMILES string of the molecule is CC1(C)C(=O)N(c2ccc(C#N)c(C(F)(F)F)c2)C(=S)N1c1ccc(C(=O)NCCCNCc2ccc(-c3[nH]c4cc(F)cc5c4c3CCNC5=O)cc2)c(F)c1. The molecule has 7 rings (SSSR count). The summed E-state index contributed by atoms with van der Waals surface area (Å²) < 4.78 is 70.7. The molecule has 57 heavy (non-hydrogen) atoms. The zero-order chi connectivity index (χ0) is 40.8. The van der Waals surface area contributed by atoms with Gasteiger partial charge in [-0.2, -0.15) is 18.4 Å². The topological polar surface area (TPSA) is 133 Å². The molecule has 1 saturated heterocycles. The molecular weight excluding hydrogens is 766 g/mol. The number of benzene rings is 4. The normalized spacial score (nSPS) is 15.2. The average molecular weight is 800 g/mol. The fourth-order valence-electron chi connectivity index (χ4n) is 7.26. The zero-order valence-corrected chi connectivity index (χ0v) is 31.4. The second-order valence-electron chi connectivity index (χ2n) is 14.2. The highest BCUT2D eigenvalue weighted by atomic mass is 32.1. The molecule has 0 spiro atoms. The highest BCUT2D eigenvalue weighted by Gasteiger charge is 2.51. The molecule has 10 nitrogen and oxygen atoms in total. The van der Waals surface area contributed by atoms with Gasteiger partial charge in [-0.25, -0.2) is 8.78 Å². The van der Waals surface area contributed by atoms with Crippen LogP contribution in [-0.2, 0) is 23.9 Å². The number of rotatable bonds is 10. The van der Waals surface area contributed by atoms with Crippen LogP contribution in [0.2, 0.25) is 0 Å². The first-order valence-electron chi connectivity index (χ1n) is 17.9. The maximum absolute atomic E-state index is 15.4. The van der Waals surface area contributed by atoms with Crippen LogP contribution in [-0.4, -0.2) is 53.0 Å². The van der Waals surface area contributed by atoms with Crippen LogP contribution < -0.4 is 25.8 Å². The molecule has 1 fully saturated rings. The van der Waals surface area contributed by atoms with Gasteiger partial charge in [-0.1, -0.05) is 24.3 Å². The smallest absolute Gasteiger partial charge is 0.354 e. The van der Waals surface area contributed by atoms with Crippen LogP contribution >= 0.6 is 12.2 Å². The number of halogens is 5. The summed E-state index contributed by atoms with van der Waals surface area (Å²) >= 11 is 5.52. The van der Waals surface area contributed by atoms with Gasteiger partial charge in [-0.3, -0.25) is 19.3 Å². The number of H-pyrrole nitrogens is 1. The first-order chi connectivity index (χ1) is 27.1. The maximum Gasteiger partial charge on any atom is 0.417 e. The number of thiocarbonyl (C=S) groups is 1. The van der Waals surface area contributed by atoms with Crippen molar-refractivity contribution in [3.63, 3.8) is 0 Å². The summed E-state index contributed by atoms with van der Waals surface area (Å²) in [7, 11) is 0. The number of nitrogens with zero attached hydrogens (tertiary/aromatic N) is 3. The number of alkyl halides is 3. The summed E-state index contributed by atoms with van der Waals surface area (Å²) in [5.74, 6) is -3.00. The third kappa shape index (κ3) is 7.31. The molecule has 2 aliphatic heterocycles. The molecule has 0 bridgehead atoms. The van der Waals surface area contributed by atoms with Gasteiger partial charge in [0.05, 0.1) is 34.0 Å². The number of carbonyl (C=O) groups excluding carboxylic acids is 3. The maximum atomic E-state index is 15.4. The van der Waals surface area contributed by atoms with Crippen molar-refractivity contribution in [2.24, 2.45) is 0 Å². The molecular formula is C41H34F5N7O3S. The molecule has 0 saturated carbocycles. The average Bonchev–Trinajstić information content (AvgIpc) is 3.54. The molecule has 4 aromatic carbocycles. The molecule has 3 heterocycles. The molecule has 292 valence electrons. The summed E-state index contributed by atoms with van der Waals surface area (Å²) in [5, 5.41) is 18.5. The minimum Gasteiger partial charge on any atom is -0.354 e. The molecule has 1 aromatic heterocycles. The Balaban J connectivity index is 0.932. The van der Waals surface area contributed by atoms with Gasteiger partial charge in [-0.15, -0.1) is 0 Å². The predicted molar refractivity (Wildman–Crippen MR) is 208 cm³/mol. The monoisotopic (exact) mass is 799 g/mol. The highest BCUT2D eigenvalue weighted by Crippen LogP contribution is 2.40. The van der Waals surface area contributed by atoms with Crippen molar-refractivity contribution in [1.82, 2.24) is 20.9 Å². The van der Waals surface area contributed by atoms with Crippen molar-refractivity contribution in [2.75, 3.05) is 29.4 Å². The molecule has 16 heteroatoms. The number of nitriles is 1. The van der Waals surface area contributed by atoms with Crippen molar-refractivity contribution in [3.05, 3.63) is 118 Å². The van der Waals surface area contributed by atoms with Gasteiger partial charge in [0, 0.05) is 41.9 Å². The zero-order valence-electron chi connectivity index (χ0n) is 30.5. The minimum atomic E-state index is -4.86. The largest absolute Gasteiger partial charge is 0.417 e. The molecule has 0 radical (unpaired) electrons. The number of hydrogen-bond donors (Lipinski definition) is 4. The van der Waals surface area contributed by atoms with Crippen LogP contribution in [0.15, 0.2) is 72.8 Å². The van der Waals surface area contributed by atoms with Crippen LogP contribution in [0.5, 0.6) is 0 Å². The number of carbonyl (C=O) groups is 3. The number of hydrogen-bond acceptors (Lipinski definition) is 6. The molecule has 3 amide bonds. The van der Waals surface area contributed by atoms with Gasteiger partial charge in [0.15, 0.2) is 5.11 Å². The second kappa shape index (κ2) is 15.1. The second-order valence-corrected chi connectivity index (χ2v) is 14.5. The van der Waals surface area contributed by atoms with Crippen LogP contribution in [0.4, 0.5) is 33.3 Å². The Hall–Kier alpha value is -6.18. The van der Waals surface area contributed by atoms with Crippen LogP contribution in [0.1, 0.15) is 63.2 Å². The fourth-order valence-corrected chi connectivity index (χ4v) is 7.78. The Morgan fingerprint density at radius 3 is 2.42 bits per heavy atom. The van der Waals surface area contributed by atoms with E-state index < -0.39 is 46.3 Å². The Labute approximate surface area is 328 Å². The van der Waals surface area contributed by atoms with E-state index in [0.717, 1.165) is 44.8 Å². The predicted octanol–water partition coefficient (Wildman–Crippen LogP) is 7.12. The number of aromatic nitrogens is 1. The lowest BCUT2D eigenvalue weighted by molar-refractivity contribution is -0.137. The van der Waals surface area contributed by atoms with Crippen molar-refractivity contribution in [1.29, 1.82) is 5.26 Å². The van der Waals surface area contributed by atoms with Gasteiger partial charge < -0.3 is 25.8 Å². The summed E-state index contributed by atoms with van der Waals surface area (Å²) in [6.45, 7) is 4.74. The van der Waals surface area contributed by atoms with Gasteiger partial charge in [0.1, 0.15) is 17.2 Å². The Morgan fingerprint density at radius 1 is 0.982 bits per heavy atom. The number of nitrogens with one attached hydrogen (secondary N) is 4. The van der Waals surface area contributed by atoms with Gasteiger partial charge in [0.2, 0.25) is 0 Å². The van der Waals surface area contributed by atoms with E-state index >= 15 is 4.39 Å². The van der Waals surface area contributed by atoms with Crippen molar-refractivity contribution >= 4 is 57.3 Å². The van der Waals surface area contributed by atoms with Crippen LogP contribution in [0.3, 0.4) is 0 Å². The van der Waals surface area contributed by atoms with E-state index in [1.54, 1.807) is 0 Å². The quantitative estimate of drug-likeness (QED) is 0.0673. The Morgan fingerprint density at radius 2 is 1.72 bits per heavy atom. The lowest BCUT2D eigenvalue weighted by Gasteiger charge is -2.29. The van der Waals surface area contributed by atoms with E-state index in [1.807, 2.05) is 24.3 Å². The lowest BCUT2D eigenvalue weighted by Crippen LogP contribution is -2.44. The Kier molecular flexibility index (Phi) is 10.3. The van der Waals surface area contributed by atoms with Crippen molar-refractivity contribution in [3.8, 4) is 17.3 Å². The van der Waals surface area contributed by atoms with E-state index in [2.05, 4.69) is 20.9 Å². The molecule has 0 aliphatic carbocycles. The van der Waals surface area contributed by atoms with E-state index in [1.165, 1.54) is 55.1 Å². The third-order valence-corrected chi connectivity index (χ3v) is 10.4. The Bertz CT molecular complexity index is 2510. The summed E-state index contributed by atoms with van der Waals surface area (Å²) in [4.78, 5) is 44.4. The molecule has 2 aliphatic rings. The number of amides is 3. The summed E-state index contributed by atoms with van der Waals surface area (Å²) in [6, 6.07) is 18.5. The van der Waals surface area contributed by atoms with Gasteiger partial charge in [-0.05, 0) is 111 Å². The van der Waals surface area contributed by atoms with Crippen LogP contribution in [0.25, 0.3) is 22.2 Å². The van der Waals surface area contributed by atoms with E-state index in [0.29, 0.717) is 49.6 Å². The third-order valence-electron chi connectivity index (χ3n) is 10.1. The standard InChI is InChI=1S/C41H34F5N7O3S/c1-40(2)38(56)52(26-9-8-24(20-47)31(18-26)41(44,45)46)39(57)53(40)27-10-11-28(32(43)19-27)36(54)49-14-3-13-48-21-22-4-6-23(7-5-22)35-29-12-15-50-37(55)30-16-25(42)17-33(51-35)34(29)30/h4-11,16-19,48,51H,3,12-15,21H2,1-2H3,(H,49,54)(H,50,55). The van der Waals surface area contributed by atoms with E-state index in [9.17, 15) is 31.9 Å². The molecule has 5 aromatic rings. The molecule has 0 atom stereocenters. The van der Waals surface area contributed by atoms with Gasteiger partial charge >= 0.3 is 6.18 Å². The molecule has 0 unspecified atom stereocenters. The van der Waals surface area contributed by atoms with E-state index in [-0.39, 0.29) is 34.5 Å².